The quantitative estimate of drug-likeness (QED) is 0.676. The first-order valence-electron chi connectivity index (χ1n) is 4.96. The summed E-state index contributed by atoms with van der Waals surface area (Å²) in [4.78, 5) is 14.5. The van der Waals surface area contributed by atoms with Crippen LogP contribution in [0.25, 0.3) is 0 Å². The van der Waals surface area contributed by atoms with Crippen LogP contribution in [0, 0.1) is 0 Å². The van der Waals surface area contributed by atoms with Crippen molar-refractivity contribution in [1.82, 2.24) is 15.2 Å². The van der Waals surface area contributed by atoms with Gasteiger partial charge in [0.2, 0.25) is 5.82 Å². The van der Waals surface area contributed by atoms with E-state index < -0.39 is 9.84 Å². The summed E-state index contributed by atoms with van der Waals surface area (Å²) in [5.74, 6) is 0.472. The minimum atomic E-state index is -2.87. The van der Waals surface area contributed by atoms with E-state index in [1.165, 1.54) is 6.20 Å². The molecule has 2 rings (SSSR count). The van der Waals surface area contributed by atoms with Gasteiger partial charge in [-0.25, -0.2) is 13.4 Å². The zero-order chi connectivity index (χ0) is 11.6. The van der Waals surface area contributed by atoms with Gasteiger partial charge in [0.25, 0.3) is 0 Å². The number of carbonyl (C=O) groups is 1. The Morgan fingerprint density at radius 2 is 2.00 bits per heavy atom. The highest BCUT2D eigenvalue weighted by atomic mass is 32.2. The highest BCUT2D eigenvalue weighted by molar-refractivity contribution is 7.91. The lowest BCUT2D eigenvalue weighted by Gasteiger charge is -2.20. The number of rotatable bonds is 2. The summed E-state index contributed by atoms with van der Waals surface area (Å²) < 4.78 is 22.5. The predicted octanol–water partition coefficient (Wildman–Crippen LogP) is -0.0237. The number of sulfone groups is 1. The van der Waals surface area contributed by atoms with Crippen LogP contribution in [-0.2, 0) is 9.84 Å². The smallest absolute Gasteiger partial charge is 0.214 e. The standard InChI is InChI=1S/C9H11N3O3S/c13-6-9-11-8(5-10-12-9)7-1-3-16(14,15)4-2-7/h5-7H,1-4H2. The molecule has 1 aliphatic rings. The van der Waals surface area contributed by atoms with Crippen molar-refractivity contribution < 1.29 is 13.2 Å². The molecular weight excluding hydrogens is 230 g/mol. The van der Waals surface area contributed by atoms with Crippen molar-refractivity contribution in [3.05, 3.63) is 17.7 Å². The lowest BCUT2D eigenvalue weighted by atomic mass is 9.99. The molecule has 0 aliphatic carbocycles. The van der Waals surface area contributed by atoms with Crippen molar-refractivity contribution in [1.29, 1.82) is 0 Å². The average Bonchev–Trinajstić information content (AvgIpc) is 2.29. The fraction of sp³-hybridized carbons (Fsp3) is 0.556. The van der Waals surface area contributed by atoms with Gasteiger partial charge < -0.3 is 0 Å². The van der Waals surface area contributed by atoms with E-state index in [-0.39, 0.29) is 23.2 Å². The van der Waals surface area contributed by atoms with E-state index >= 15 is 0 Å². The van der Waals surface area contributed by atoms with Crippen molar-refractivity contribution >= 4 is 16.1 Å². The molecule has 1 fully saturated rings. The van der Waals surface area contributed by atoms with Gasteiger partial charge >= 0.3 is 0 Å². The van der Waals surface area contributed by atoms with E-state index in [4.69, 9.17) is 0 Å². The third-order valence-corrected chi connectivity index (χ3v) is 4.39. The lowest BCUT2D eigenvalue weighted by molar-refractivity contribution is 0.111. The SMILES string of the molecule is O=Cc1nncc(C2CCS(=O)(=O)CC2)n1. The minimum Gasteiger partial charge on any atom is -0.294 e. The Bertz CT molecular complexity index is 486. The molecule has 0 N–H and O–H groups in total. The number of hydrogen-bond acceptors (Lipinski definition) is 6. The third kappa shape index (κ3) is 2.41. The lowest BCUT2D eigenvalue weighted by Crippen LogP contribution is -2.23. The second-order valence-corrected chi connectivity index (χ2v) is 6.09. The molecule has 1 saturated heterocycles. The number of aldehydes is 1. The Hall–Kier alpha value is -1.37. The van der Waals surface area contributed by atoms with E-state index in [0.29, 0.717) is 24.8 Å². The van der Waals surface area contributed by atoms with Gasteiger partial charge in [0.05, 0.1) is 23.4 Å². The van der Waals surface area contributed by atoms with Crippen LogP contribution in [-0.4, -0.2) is 41.4 Å². The molecular formula is C9H11N3O3S. The van der Waals surface area contributed by atoms with Crippen molar-refractivity contribution in [3.63, 3.8) is 0 Å². The average molecular weight is 241 g/mol. The highest BCUT2D eigenvalue weighted by Crippen LogP contribution is 2.26. The molecule has 7 heteroatoms. The van der Waals surface area contributed by atoms with Gasteiger partial charge in [0.1, 0.15) is 9.84 Å². The van der Waals surface area contributed by atoms with Gasteiger partial charge in [-0.3, -0.25) is 4.79 Å². The molecule has 0 amide bonds. The molecule has 0 aromatic carbocycles. The number of hydrogen-bond donors (Lipinski definition) is 0. The van der Waals surface area contributed by atoms with Gasteiger partial charge in [-0.1, -0.05) is 0 Å². The largest absolute Gasteiger partial charge is 0.294 e. The van der Waals surface area contributed by atoms with Crippen molar-refractivity contribution in [2.45, 2.75) is 18.8 Å². The zero-order valence-electron chi connectivity index (χ0n) is 8.54. The Labute approximate surface area is 93.0 Å². The van der Waals surface area contributed by atoms with Gasteiger partial charge in [-0.15, -0.1) is 5.10 Å². The van der Waals surface area contributed by atoms with Crippen LogP contribution < -0.4 is 0 Å². The van der Waals surface area contributed by atoms with Crippen LogP contribution in [0.3, 0.4) is 0 Å². The fourth-order valence-electron chi connectivity index (χ4n) is 1.76. The van der Waals surface area contributed by atoms with Crippen molar-refractivity contribution in [3.8, 4) is 0 Å². The molecule has 0 spiro atoms. The van der Waals surface area contributed by atoms with Crippen LogP contribution in [0.15, 0.2) is 6.20 Å². The van der Waals surface area contributed by atoms with Crippen molar-refractivity contribution in [2.24, 2.45) is 0 Å². The molecule has 0 unspecified atom stereocenters. The first-order chi connectivity index (χ1) is 7.61. The normalized spacial score (nSPS) is 20.5. The molecule has 0 radical (unpaired) electrons. The Morgan fingerprint density at radius 1 is 1.31 bits per heavy atom. The van der Waals surface area contributed by atoms with E-state index in [1.807, 2.05) is 0 Å². The summed E-state index contributed by atoms with van der Waals surface area (Å²) >= 11 is 0. The van der Waals surface area contributed by atoms with E-state index in [2.05, 4.69) is 15.2 Å². The molecule has 1 aromatic heterocycles. The van der Waals surface area contributed by atoms with E-state index in [0.717, 1.165) is 0 Å². The summed E-state index contributed by atoms with van der Waals surface area (Å²) in [5.41, 5.74) is 0.659. The summed E-state index contributed by atoms with van der Waals surface area (Å²) in [5, 5.41) is 7.21. The number of aromatic nitrogens is 3. The topological polar surface area (TPSA) is 89.9 Å². The van der Waals surface area contributed by atoms with Crippen LogP contribution in [0.2, 0.25) is 0 Å². The number of carbonyl (C=O) groups excluding carboxylic acids is 1. The Morgan fingerprint density at radius 3 is 2.62 bits per heavy atom. The first-order valence-corrected chi connectivity index (χ1v) is 6.78. The third-order valence-electron chi connectivity index (χ3n) is 2.67. The molecule has 0 atom stereocenters. The van der Waals surface area contributed by atoms with Gasteiger partial charge in [0.15, 0.2) is 6.29 Å². The Kier molecular flexibility index (Phi) is 2.95. The van der Waals surface area contributed by atoms with Crippen LogP contribution in [0.1, 0.15) is 35.1 Å². The summed E-state index contributed by atoms with van der Waals surface area (Å²) in [6.07, 6.45) is 3.12. The molecule has 86 valence electrons. The molecule has 16 heavy (non-hydrogen) atoms. The molecule has 0 saturated carbocycles. The van der Waals surface area contributed by atoms with Gasteiger partial charge in [-0.2, -0.15) is 5.10 Å². The molecule has 1 aromatic rings. The summed E-state index contributed by atoms with van der Waals surface area (Å²) in [6, 6.07) is 0. The van der Waals surface area contributed by atoms with Crippen LogP contribution in [0.5, 0.6) is 0 Å². The predicted molar refractivity (Wildman–Crippen MR) is 55.8 cm³/mol. The zero-order valence-corrected chi connectivity index (χ0v) is 9.35. The molecule has 6 nitrogen and oxygen atoms in total. The van der Waals surface area contributed by atoms with Crippen LogP contribution in [0.4, 0.5) is 0 Å². The monoisotopic (exact) mass is 241 g/mol. The maximum Gasteiger partial charge on any atom is 0.214 e. The molecule has 0 bridgehead atoms. The fourth-order valence-corrected chi connectivity index (χ4v) is 3.25. The van der Waals surface area contributed by atoms with Gasteiger partial charge in [0, 0.05) is 5.92 Å². The van der Waals surface area contributed by atoms with Crippen molar-refractivity contribution in [2.75, 3.05) is 11.5 Å². The maximum absolute atomic E-state index is 11.2. The Balaban J connectivity index is 2.16. The molecule has 2 heterocycles. The summed E-state index contributed by atoms with van der Waals surface area (Å²) in [6.45, 7) is 0. The van der Waals surface area contributed by atoms with E-state index in [9.17, 15) is 13.2 Å². The van der Waals surface area contributed by atoms with Gasteiger partial charge in [-0.05, 0) is 12.8 Å². The number of nitrogens with zero attached hydrogens (tertiary/aromatic N) is 3. The minimum absolute atomic E-state index is 0.0472. The molecule has 1 aliphatic heterocycles. The highest BCUT2D eigenvalue weighted by Gasteiger charge is 2.25. The van der Waals surface area contributed by atoms with E-state index in [1.54, 1.807) is 0 Å². The second-order valence-electron chi connectivity index (χ2n) is 3.78. The van der Waals surface area contributed by atoms with Crippen LogP contribution >= 0.6 is 0 Å². The maximum atomic E-state index is 11.2. The first kappa shape index (κ1) is 11.1. The second kappa shape index (κ2) is 4.25. The summed E-state index contributed by atoms with van der Waals surface area (Å²) in [7, 11) is -2.87.